The summed E-state index contributed by atoms with van der Waals surface area (Å²) in [6, 6.07) is 0.833. The van der Waals surface area contributed by atoms with Gasteiger partial charge < -0.3 is 10.6 Å². The van der Waals surface area contributed by atoms with E-state index in [-0.39, 0.29) is 5.54 Å². The van der Waals surface area contributed by atoms with E-state index >= 15 is 0 Å². The highest BCUT2D eigenvalue weighted by Gasteiger charge is 2.31. The summed E-state index contributed by atoms with van der Waals surface area (Å²) in [7, 11) is 0. The van der Waals surface area contributed by atoms with Gasteiger partial charge in [-0.2, -0.15) is 0 Å². The minimum absolute atomic E-state index is 0.205. The van der Waals surface area contributed by atoms with Crippen molar-refractivity contribution in [2.45, 2.75) is 76.3 Å². The van der Waals surface area contributed by atoms with E-state index in [0.29, 0.717) is 0 Å². The van der Waals surface area contributed by atoms with Gasteiger partial charge in [0.25, 0.3) is 0 Å². The second-order valence-electron chi connectivity index (χ2n) is 5.89. The zero-order valence-corrected chi connectivity index (χ0v) is 10.9. The van der Waals surface area contributed by atoms with Gasteiger partial charge in [0.1, 0.15) is 0 Å². The highest BCUT2D eigenvalue weighted by molar-refractivity contribution is 4.91. The van der Waals surface area contributed by atoms with Crippen LogP contribution in [0.5, 0.6) is 0 Å². The normalized spacial score (nSPS) is 30.8. The van der Waals surface area contributed by atoms with Gasteiger partial charge in [-0.05, 0) is 51.6 Å². The van der Waals surface area contributed by atoms with Gasteiger partial charge in [-0.25, -0.2) is 0 Å². The number of rotatable bonds is 4. The van der Waals surface area contributed by atoms with Crippen LogP contribution in [0.1, 0.15) is 64.7 Å². The van der Waals surface area contributed by atoms with E-state index < -0.39 is 0 Å². The van der Waals surface area contributed by atoms with E-state index in [2.05, 4.69) is 11.8 Å². The Balaban J connectivity index is 1.79. The Hall–Kier alpha value is -0.0800. The van der Waals surface area contributed by atoms with Gasteiger partial charge >= 0.3 is 0 Å². The Morgan fingerprint density at radius 2 is 1.94 bits per heavy atom. The average molecular weight is 224 g/mol. The number of likely N-dealkylation sites (tertiary alicyclic amines) is 1. The molecule has 1 aliphatic carbocycles. The van der Waals surface area contributed by atoms with Crippen LogP contribution in [0.4, 0.5) is 0 Å². The van der Waals surface area contributed by atoms with Gasteiger partial charge in [0.15, 0.2) is 0 Å². The van der Waals surface area contributed by atoms with Crippen LogP contribution in [-0.4, -0.2) is 29.6 Å². The van der Waals surface area contributed by atoms with E-state index in [1.54, 1.807) is 0 Å². The molecule has 2 N–H and O–H groups in total. The van der Waals surface area contributed by atoms with Crippen molar-refractivity contribution in [1.29, 1.82) is 0 Å². The Morgan fingerprint density at radius 3 is 2.62 bits per heavy atom. The summed E-state index contributed by atoms with van der Waals surface area (Å²) in [5.74, 6) is 0. The molecule has 0 spiro atoms. The van der Waals surface area contributed by atoms with Crippen LogP contribution in [0.25, 0.3) is 0 Å². The topological polar surface area (TPSA) is 29.3 Å². The van der Waals surface area contributed by atoms with Crippen molar-refractivity contribution in [1.82, 2.24) is 4.90 Å². The molecule has 0 aromatic carbocycles. The molecule has 2 heteroatoms. The van der Waals surface area contributed by atoms with Crippen LogP contribution in [0.2, 0.25) is 0 Å². The molecule has 1 atom stereocenters. The van der Waals surface area contributed by atoms with Gasteiger partial charge in [0, 0.05) is 11.6 Å². The third-order valence-electron chi connectivity index (χ3n) is 4.73. The highest BCUT2D eigenvalue weighted by Crippen LogP contribution is 2.33. The molecule has 1 saturated heterocycles. The second-order valence-corrected chi connectivity index (χ2v) is 5.89. The van der Waals surface area contributed by atoms with Gasteiger partial charge in [-0.3, -0.25) is 0 Å². The molecule has 94 valence electrons. The van der Waals surface area contributed by atoms with Crippen LogP contribution in [0.3, 0.4) is 0 Å². The summed E-state index contributed by atoms with van der Waals surface area (Å²) >= 11 is 0. The first-order valence-electron chi connectivity index (χ1n) is 7.26. The monoisotopic (exact) mass is 224 g/mol. The van der Waals surface area contributed by atoms with Crippen LogP contribution in [0, 0.1) is 0 Å². The molecular formula is C14H28N2. The number of hydrogen-bond acceptors (Lipinski definition) is 2. The maximum absolute atomic E-state index is 6.44. The summed E-state index contributed by atoms with van der Waals surface area (Å²) in [4.78, 5) is 2.67. The van der Waals surface area contributed by atoms with E-state index in [0.717, 1.165) is 6.04 Å². The summed E-state index contributed by atoms with van der Waals surface area (Å²) in [5, 5.41) is 0. The second kappa shape index (κ2) is 5.50. The minimum Gasteiger partial charge on any atom is -0.325 e. The molecule has 0 bridgehead atoms. The fourth-order valence-corrected chi connectivity index (χ4v) is 3.59. The van der Waals surface area contributed by atoms with Gasteiger partial charge in [0.2, 0.25) is 0 Å². The lowest BCUT2D eigenvalue weighted by Crippen LogP contribution is -2.43. The third-order valence-corrected chi connectivity index (χ3v) is 4.73. The maximum Gasteiger partial charge on any atom is 0.0154 e. The van der Waals surface area contributed by atoms with E-state index in [9.17, 15) is 0 Å². The van der Waals surface area contributed by atoms with E-state index in [4.69, 9.17) is 5.73 Å². The van der Waals surface area contributed by atoms with Gasteiger partial charge in [-0.15, -0.1) is 0 Å². The van der Waals surface area contributed by atoms with Gasteiger partial charge in [0.05, 0.1) is 0 Å². The molecule has 0 aromatic heterocycles. The fourth-order valence-electron chi connectivity index (χ4n) is 3.59. The number of nitrogens with zero attached hydrogens (tertiary/aromatic N) is 1. The smallest absolute Gasteiger partial charge is 0.0154 e. The SMILES string of the molecule is CCN1CCCCC1CCC1(N)CCCC1. The van der Waals surface area contributed by atoms with Crippen LogP contribution < -0.4 is 5.73 Å². The van der Waals surface area contributed by atoms with E-state index in [1.165, 1.54) is 70.9 Å². The Morgan fingerprint density at radius 1 is 1.19 bits per heavy atom. The molecule has 1 aliphatic heterocycles. The first kappa shape index (κ1) is 12.4. The standard InChI is InChI=1S/C14H28N2/c1-2-16-12-6-3-7-13(16)8-11-14(15)9-4-5-10-14/h13H,2-12,15H2,1H3. The molecule has 0 radical (unpaired) electrons. The molecule has 2 aliphatic rings. The summed E-state index contributed by atoms with van der Waals surface area (Å²) in [6.45, 7) is 4.84. The number of hydrogen-bond donors (Lipinski definition) is 1. The largest absolute Gasteiger partial charge is 0.325 e. The lowest BCUT2D eigenvalue weighted by atomic mass is 9.88. The van der Waals surface area contributed by atoms with Crippen molar-refractivity contribution in [2.24, 2.45) is 5.73 Å². The number of piperidine rings is 1. The Labute approximate surface area is 101 Å². The Kier molecular flexibility index (Phi) is 4.26. The van der Waals surface area contributed by atoms with Crippen molar-refractivity contribution in [3.8, 4) is 0 Å². The number of nitrogens with two attached hydrogens (primary N) is 1. The Bertz CT molecular complexity index is 209. The average Bonchev–Trinajstić information content (AvgIpc) is 2.74. The lowest BCUT2D eigenvalue weighted by Gasteiger charge is -2.36. The zero-order chi connectivity index (χ0) is 11.4. The molecule has 2 fully saturated rings. The maximum atomic E-state index is 6.44. The molecule has 0 amide bonds. The summed E-state index contributed by atoms with van der Waals surface area (Å²) < 4.78 is 0. The first-order chi connectivity index (χ1) is 7.73. The fraction of sp³-hybridized carbons (Fsp3) is 1.00. The summed E-state index contributed by atoms with van der Waals surface area (Å²) in [5.41, 5.74) is 6.65. The molecule has 1 heterocycles. The molecule has 0 aromatic rings. The third kappa shape index (κ3) is 2.98. The zero-order valence-electron chi connectivity index (χ0n) is 10.9. The molecule has 1 saturated carbocycles. The molecule has 2 nitrogen and oxygen atoms in total. The van der Waals surface area contributed by atoms with Crippen LogP contribution in [0.15, 0.2) is 0 Å². The van der Waals surface area contributed by atoms with Crippen molar-refractivity contribution in [2.75, 3.05) is 13.1 Å². The highest BCUT2D eigenvalue weighted by atomic mass is 15.2. The molecule has 2 rings (SSSR count). The predicted molar refractivity (Wildman–Crippen MR) is 69.5 cm³/mol. The van der Waals surface area contributed by atoms with Crippen molar-refractivity contribution in [3.63, 3.8) is 0 Å². The van der Waals surface area contributed by atoms with Crippen LogP contribution in [-0.2, 0) is 0 Å². The van der Waals surface area contributed by atoms with Gasteiger partial charge in [-0.1, -0.05) is 26.2 Å². The van der Waals surface area contributed by atoms with Crippen molar-refractivity contribution < 1.29 is 0 Å². The van der Waals surface area contributed by atoms with Crippen molar-refractivity contribution >= 4 is 0 Å². The van der Waals surface area contributed by atoms with Crippen molar-refractivity contribution in [3.05, 3.63) is 0 Å². The molecule has 16 heavy (non-hydrogen) atoms. The minimum atomic E-state index is 0.205. The van der Waals surface area contributed by atoms with Crippen LogP contribution >= 0.6 is 0 Å². The molecule has 1 unspecified atom stereocenters. The lowest BCUT2D eigenvalue weighted by molar-refractivity contribution is 0.138. The predicted octanol–water partition coefficient (Wildman–Crippen LogP) is 2.91. The summed E-state index contributed by atoms with van der Waals surface area (Å²) in [6.07, 6.45) is 12.1. The molecular weight excluding hydrogens is 196 g/mol. The first-order valence-corrected chi connectivity index (χ1v) is 7.26. The van der Waals surface area contributed by atoms with E-state index in [1.807, 2.05) is 0 Å². The quantitative estimate of drug-likeness (QED) is 0.795.